The van der Waals surface area contributed by atoms with Crippen molar-refractivity contribution in [2.75, 3.05) is 18.2 Å². The number of rotatable bonds is 5. The molecule has 1 aromatic heterocycles. The van der Waals surface area contributed by atoms with Crippen molar-refractivity contribution in [3.8, 4) is 5.75 Å². The molecular formula is C17H17N3O2S. The number of amides is 1. The molecule has 0 saturated carbocycles. The van der Waals surface area contributed by atoms with Crippen LogP contribution in [0.4, 0.5) is 5.69 Å². The Balaban J connectivity index is 1.61. The second kappa shape index (κ2) is 6.75. The maximum atomic E-state index is 12.0. The number of aryl methyl sites for hydroxylation is 1. The minimum atomic E-state index is -0.0584. The van der Waals surface area contributed by atoms with Crippen LogP contribution >= 0.6 is 11.8 Å². The van der Waals surface area contributed by atoms with Crippen LogP contribution in [0.2, 0.25) is 0 Å². The zero-order valence-electron chi connectivity index (χ0n) is 12.9. The van der Waals surface area contributed by atoms with Crippen molar-refractivity contribution < 1.29 is 9.53 Å². The first-order valence-electron chi connectivity index (χ1n) is 7.17. The summed E-state index contributed by atoms with van der Waals surface area (Å²) < 4.78 is 5.19. The molecule has 0 aliphatic rings. The second-order valence-corrected chi connectivity index (χ2v) is 6.09. The number of carbonyl (C=O) groups is 1. The van der Waals surface area contributed by atoms with Crippen molar-refractivity contribution >= 4 is 34.4 Å². The minimum Gasteiger partial charge on any atom is -0.497 e. The Kier molecular flexibility index (Phi) is 4.52. The van der Waals surface area contributed by atoms with Crippen LogP contribution in [0.25, 0.3) is 11.0 Å². The van der Waals surface area contributed by atoms with Crippen LogP contribution in [0.15, 0.2) is 47.6 Å². The van der Waals surface area contributed by atoms with Crippen molar-refractivity contribution in [1.82, 2.24) is 9.97 Å². The fourth-order valence-corrected chi connectivity index (χ4v) is 2.81. The lowest BCUT2D eigenvalue weighted by Gasteiger charge is -2.04. The van der Waals surface area contributed by atoms with Gasteiger partial charge in [0.1, 0.15) is 5.75 Å². The highest BCUT2D eigenvalue weighted by molar-refractivity contribution is 7.99. The zero-order valence-corrected chi connectivity index (χ0v) is 13.7. The van der Waals surface area contributed by atoms with E-state index in [4.69, 9.17) is 4.74 Å². The van der Waals surface area contributed by atoms with Gasteiger partial charge in [-0.05, 0) is 31.2 Å². The predicted octanol–water partition coefficient (Wildman–Crippen LogP) is 3.61. The lowest BCUT2D eigenvalue weighted by Crippen LogP contribution is -2.14. The van der Waals surface area contributed by atoms with E-state index in [1.807, 2.05) is 49.4 Å². The van der Waals surface area contributed by atoms with Gasteiger partial charge in [-0.15, -0.1) is 0 Å². The number of methoxy groups -OCH3 is 1. The summed E-state index contributed by atoms with van der Waals surface area (Å²) in [6.45, 7) is 2.01. The van der Waals surface area contributed by atoms with Gasteiger partial charge in [-0.2, -0.15) is 0 Å². The Bertz CT molecular complexity index is 827. The third-order valence-corrected chi connectivity index (χ3v) is 4.22. The largest absolute Gasteiger partial charge is 0.497 e. The van der Waals surface area contributed by atoms with Gasteiger partial charge in [-0.3, -0.25) is 4.79 Å². The summed E-state index contributed by atoms with van der Waals surface area (Å²) in [6.07, 6.45) is 0. The normalized spacial score (nSPS) is 10.7. The van der Waals surface area contributed by atoms with E-state index in [-0.39, 0.29) is 5.91 Å². The number of nitrogens with zero attached hydrogens (tertiary/aromatic N) is 1. The van der Waals surface area contributed by atoms with Gasteiger partial charge in [0, 0.05) is 11.8 Å². The minimum absolute atomic E-state index is 0.0584. The van der Waals surface area contributed by atoms with Gasteiger partial charge in [0.25, 0.3) is 0 Å². The van der Waals surface area contributed by atoms with E-state index in [9.17, 15) is 4.79 Å². The molecule has 2 N–H and O–H groups in total. The number of fused-ring (bicyclic) bond motifs is 1. The van der Waals surface area contributed by atoms with Crippen LogP contribution in [0, 0.1) is 6.92 Å². The number of imidazole rings is 1. The SMILES string of the molecule is COc1ccc2nc(SCC(=O)Nc3ccc(C)cc3)[nH]c2c1. The van der Waals surface area contributed by atoms with Gasteiger partial charge in [0.05, 0.1) is 23.9 Å². The van der Waals surface area contributed by atoms with Gasteiger partial charge in [-0.25, -0.2) is 4.98 Å². The summed E-state index contributed by atoms with van der Waals surface area (Å²) in [4.78, 5) is 19.6. The predicted molar refractivity (Wildman–Crippen MR) is 93.2 cm³/mol. The fourth-order valence-electron chi connectivity index (χ4n) is 2.13. The molecule has 0 atom stereocenters. The average Bonchev–Trinajstić information content (AvgIpc) is 2.97. The smallest absolute Gasteiger partial charge is 0.234 e. The lowest BCUT2D eigenvalue weighted by atomic mass is 10.2. The van der Waals surface area contributed by atoms with Crippen LogP contribution in [0.5, 0.6) is 5.75 Å². The molecule has 0 fully saturated rings. The van der Waals surface area contributed by atoms with Gasteiger partial charge in [-0.1, -0.05) is 29.5 Å². The van der Waals surface area contributed by atoms with Crippen LogP contribution in [0.3, 0.4) is 0 Å². The van der Waals surface area contributed by atoms with Gasteiger partial charge in [0.15, 0.2) is 5.16 Å². The Hall–Kier alpha value is -2.47. The van der Waals surface area contributed by atoms with E-state index >= 15 is 0 Å². The van der Waals surface area contributed by atoms with Crippen LogP contribution in [-0.4, -0.2) is 28.7 Å². The molecule has 1 amide bonds. The Morgan fingerprint density at radius 2 is 2.04 bits per heavy atom. The van der Waals surface area contributed by atoms with Crippen molar-refractivity contribution in [3.63, 3.8) is 0 Å². The summed E-state index contributed by atoms with van der Waals surface area (Å²) in [5.41, 5.74) is 3.71. The topological polar surface area (TPSA) is 67.0 Å². The average molecular weight is 327 g/mol. The Morgan fingerprint density at radius 3 is 2.78 bits per heavy atom. The fraction of sp³-hybridized carbons (Fsp3) is 0.176. The number of ether oxygens (including phenoxy) is 1. The molecule has 0 saturated heterocycles. The summed E-state index contributed by atoms with van der Waals surface area (Å²) in [5.74, 6) is 1.01. The van der Waals surface area contributed by atoms with E-state index < -0.39 is 0 Å². The van der Waals surface area contributed by atoms with E-state index in [1.165, 1.54) is 11.8 Å². The molecule has 3 aromatic rings. The molecule has 6 heteroatoms. The van der Waals surface area contributed by atoms with Crippen molar-refractivity contribution in [1.29, 1.82) is 0 Å². The molecule has 23 heavy (non-hydrogen) atoms. The highest BCUT2D eigenvalue weighted by Gasteiger charge is 2.08. The molecule has 118 valence electrons. The summed E-state index contributed by atoms with van der Waals surface area (Å²) in [6, 6.07) is 13.4. The van der Waals surface area contributed by atoms with Crippen molar-refractivity contribution in [2.24, 2.45) is 0 Å². The molecule has 0 aliphatic carbocycles. The molecule has 3 rings (SSSR count). The van der Waals surface area contributed by atoms with E-state index in [0.29, 0.717) is 10.9 Å². The van der Waals surface area contributed by atoms with Gasteiger partial charge < -0.3 is 15.0 Å². The van der Waals surface area contributed by atoms with E-state index in [1.54, 1.807) is 7.11 Å². The zero-order chi connectivity index (χ0) is 16.2. The number of carbonyl (C=O) groups excluding carboxylic acids is 1. The Labute approximate surface area is 138 Å². The number of H-pyrrole nitrogens is 1. The lowest BCUT2D eigenvalue weighted by molar-refractivity contribution is -0.113. The number of aromatic amines is 1. The molecule has 0 unspecified atom stereocenters. The van der Waals surface area contributed by atoms with Crippen molar-refractivity contribution in [2.45, 2.75) is 12.1 Å². The maximum Gasteiger partial charge on any atom is 0.234 e. The van der Waals surface area contributed by atoms with Gasteiger partial charge in [0.2, 0.25) is 5.91 Å². The molecule has 0 radical (unpaired) electrons. The monoisotopic (exact) mass is 327 g/mol. The number of thioether (sulfide) groups is 1. The molecular weight excluding hydrogens is 310 g/mol. The number of anilines is 1. The quantitative estimate of drug-likeness (QED) is 0.703. The summed E-state index contributed by atoms with van der Waals surface area (Å²) in [5, 5.41) is 3.59. The van der Waals surface area contributed by atoms with Crippen molar-refractivity contribution in [3.05, 3.63) is 48.0 Å². The van der Waals surface area contributed by atoms with Gasteiger partial charge >= 0.3 is 0 Å². The number of hydrogen-bond donors (Lipinski definition) is 2. The first-order chi connectivity index (χ1) is 11.1. The Morgan fingerprint density at radius 1 is 1.26 bits per heavy atom. The molecule has 0 bridgehead atoms. The summed E-state index contributed by atoms with van der Waals surface area (Å²) >= 11 is 1.37. The molecule has 0 aliphatic heterocycles. The third-order valence-electron chi connectivity index (χ3n) is 3.34. The molecule has 5 nitrogen and oxygen atoms in total. The number of aromatic nitrogens is 2. The standard InChI is InChI=1S/C17H17N3O2S/c1-11-3-5-12(6-4-11)18-16(21)10-23-17-19-14-8-7-13(22-2)9-15(14)20-17/h3-9H,10H2,1-2H3,(H,18,21)(H,19,20). The first kappa shape index (κ1) is 15.4. The van der Waals surface area contributed by atoms with Crippen LogP contribution in [0.1, 0.15) is 5.56 Å². The highest BCUT2D eigenvalue weighted by atomic mass is 32.2. The third kappa shape index (κ3) is 3.84. The summed E-state index contributed by atoms with van der Waals surface area (Å²) in [7, 11) is 1.63. The molecule has 0 spiro atoms. The van der Waals surface area contributed by atoms with Crippen LogP contribution < -0.4 is 10.1 Å². The van der Waals surface area contributed by atoms with Crippen LogP contribution in [-0.2, 0) is 4.79 Å². The van der Waals surface area contributed by atoms with E-state index in [0.717, 1.165) is 28.0 Å². The second-order valence-electron chi connectivity index (χ2n) is 5.13. The maximum absolute atomic E-state index is 12.0. The highest BCUT2D eigenvalue weighted by Crippen LogP contribution is 2.23. The number of hydrogen-bond acceptors (Lipinski definition) is 4. The number of benzene rings is 2. The number of nitrogens with one attached hydrogen (secondary N) is 2. The molecule has 2 aromatic carbocycles. The van der Waals surface area contributed by atoms with E-state index in [2.05, 4.69) is 15.3 Å². The molecule has 1 heterocycles. The first-order valence-corrected chi connectivity index (χ1v) is 8.16.